The summed E-state index contributed by atoms with van der Waals surface area (Å²) in [7, 11) is 0. The van der Waals surface area contributed by atoms with Gasteiger partial charge in [0, 0.05) is 22.7 Å². The molecule has 1 N–H and O–H groups in total. The highest BCUT2D eigenvalue weighted by Gasteiger charge is 2.13. The molecule has 0 saturated carbocycles. The van der Waals surface area contributed by atoms with E-state index in [-0.39, 0.29) is 18.6 Å². The fraction of sp³-hybridized carbons (Fsp3) is 0.211. The molecule has 0 spiro atoms. The van der Waals surface area contributed by atoms with Gasteiger partial charge in [-0.1, -0.05) is 17.7 Å². The van der Waals surface area contributed by atoms with E-state index in [0.717, 1.165) is 0 Å². The largest absolute Gasteiger partial charge is 0.456 e. The molecule has 0 radical (unpaired) electrons. The van der Waals surface area contributed by atoms with Gasteiger partial charge < -0.3 is 10.1 Å². The number of benzene rings is 2. The summed E-state index contributed by atoms with van der Waals surface area (Å²) in [6, 6.07) is 10.3. The average molecular weight is 378 g/mol. The molecule has 0 aromatic heterocycles. The second-order valence-electron chi connectivity index (χ2n) is 5.60. The van der Waals surface area contributed by atoms with Gasteiger partial charge in [-0.3, -0.25) is 14.4 Å². The van der Waals surface area contributed by atoms with Gasteiger partial charge in [-0.05, 0) is 48.9 Å². The highest BCUT2D eigenvalue weighted by molar-refractivity contribution is 6.30. The molecule has 2 aromatic rings. The number of ether oxygens (including phenoxy) is 1. The topological polar surface area (TPSA) is 72.5 Å². The Hall–Kier alpha value is -2.73. The van der Waals surface area contributed by atoms with Crippen LogP contribution in [-0.2, 0) is 14.3 Å². The summed E-state index contributed by atoms with van der Waals surface area (Å²) in [6.45, 7) is 1.20. The number of carbonyl (C=O) groups is 3. The van der Waals surface area contributed by atoms with E-state index >= 15 is 0 Å². The van der Waals surface area contributed by atoms with Gasteiger partial charge in [-0.15, -0.1) is 0 Å². The Kier molecular flexibility index (Phi) is 6.86. The number of Topliss-reactive ketones (excluding diaryl/α,β-unsaturated/α-hetero) is 1. The van der Waals surface area contributed by atoms with Gasteiger partial charge in [-0.2, -0.15) is 0 Å². The summed E-state index contributed by atoms with van der Waals surface area (Å²) in [5.74, 6) is -1.96. The van der Waals surface area contributed by atoms with E-state index in [2.05, 4.69) is 5.32 Å². The summed E-state index contributed by atoms with van der Waals surface area (Å²) in [5, 5.41) is 2.98. The second kappa shape index (κ2) is 9.10. The molecule has 136 valence electrons. The fourth-order valence-corrected chi connectivity index (χ4v) is 2.26. The molecule has 0 fully saturated rings. The standard InChI is InChI=1S/C19H17ClFNO4/c1-12-2-7-15(21)10-16(12)22-18(24)11-26-19(25)9-8-17(23)13-3-5-14(20)6-4-13/h2-7,10H,8-9,11H2,1H3,(H,22,24). The molecule has 0 aliphatic carbocycles. The lowest BCUT2D eigenvalue weighted by Gasteiger charge is -2.09. The molecule has 0 atom stereocenters. The van der Waals surface area contributed by atoms with E-state index in [4.69, 9.17) is 16.3 Å². The molecule has 2 aromatic carbocycles. The van der Waals surface area contributed by atoms with Crippen molar-refractivity contribution in [2.45, 2.75) is 19.8 Å². The number of esters is 1. The van der Waals surface area contributed by atoms with Crippen molar-refractivity contribution in [3.63, 3.8) is 0 Å². The molecule has 26 heavy (non-hydrogen) atoms. The summed E-state index contributed by atoms with van der Waals surface area (Å²) >= 11 is 5.75. The lowest BCUT2D eigenvalue weighted by molar-refractivity contribution is -0.147. The van der Waals surface area contributed by atoms with E-state index in [9.17, 15) is 18.8 Å². The maximum Gasteiger partial charge on any atom is 0.306 e. The van der Waals surface area contributed by atoms with E-state index in [1.807, 2.05) is 0 Å². The smallest absolute Gasteiger partial charge is 0.306 e. The Morgan fingerprint density at radius 3 is 2.46 bits per heavy atom. The number of halogens is 2. The molecule has 1 amide bonds. The van der Waals surface area contributed by atoms with E-state index in [0.29, 0.717) is 21.8 Å². The molecule has 0 unspecified atom stereocenters. The van der Waals surface area contributed by atoms with Crippen molar-refractivity contribution < 1.29 is 23.5 Å². The maximum absolute atomic E-state index is 13.2. The van der Waals surface area contributed by atoms with Gasteiger partial charge in [0.1, 0.15) is 5.82 Å². The first-order chi connectivity index (χ1) is 12.3. The molecule has 2 rings (SSSR count). The van der Waals surface area contributed by atoms with Crippen LogP contribution in [0.1, 0.15) is 28.8 Å². The molecule has 0 aliphatic rings. The third kappa shape index (κ3) is 5.97. The predicted octanol–water partition coefficient (Wildman–Crippen LogP) is 3.93. The Morgan fingerprint density at radius 2 is 1.77 bits per heavy atom. The summed E-state index contributed by atoms with van der Waals surface area (Å²) in [4.78, 5) is 35.4. The van der Waals surface area contributed by atoms with Crippen LogP contribution in [0, 0.1) is 12.7 Å². The predicted molar refractivity (Wildman–Crippen MR) is 95.7 cm³/mol. The van der Waals surface area contributed by atoms with Crippen LogP contribution < -0.4 is 5.32 Å². The molecule has 0 bridgehead atoms. The monoisotopic (exact) mass is 377 g/mol. The number of amides is 1. The zero-order chi connectivity index (χ0) is 19.1. The average Bonchev–Trinajstić information content (AvgIpc) is 2.61. The van der Waals surface area contributed by atoms with Gasteiger partial charge in [0.25, 0.3) is 5.91 Å². The molecule has 0 aliphatic heterocycles. The molecule has 7 heteroatoms. The molecular weight excluding hydrogens is 361 g/mol. The number of hydrogen-bond acceptors (Lipinski definition) is 4. The number of hydrogen-bond donors (Lipinski definition) is 1. The van der Waals surface area contributed by atoms with Crippen LogP contribution in [0.3, 0.4) is 0 Å². The molecule has 0 saturated heterocycles. The van der Waals surface area contributed by atoms with Crippen LogP contribution in [-0.4, -0.2) is 24.3 Å². The van der Waals surface area contributed by atoms with Crippen LogP contribution in [0.5, 0.6) is 0 Å². The zero-order valence-corrected chi connectivity index (χ0v) is 14.8. The van der Waals surface area contributed by atoms with Crippen molar-refractivity contribution in [3.8, 4) is 0 Å². The molecule has 0 heterocycles. The highest BCUT2D eigenvalue weighted by Crippen LogP contribution is 2.16. The SMILES string of the molecule is Cc1ccc(F)cc1NC(=O)COC(=O)CCC(=O)c1ccc(Cl)cc1. The number of ketones is 1. The van der Waals surface area contributed by atoms with Crippen molar-refractivity contribution in [2.24, 2.45) is 0 Å². The Balaban J connectivity index is 1.75. The number of anilines is 1. The van der Waals surface area contributed by atoms with Crippen molar-refractivity contribution >= 4 is 34.9 Å². The quantitative estimate of drug-likeness (QED) is 0.586. The van der Waals surface area contributed by atoms with Crippen LogP contribution in [0.25, 0.3) is 0 Å². The van der Waals surface area contributed by atoms with Crippen molar-refractivity contribution in [1.82, 2.24) is 0 Å². The Bertz CT molecular complexity index is 821. The minimum absolute atomic E-state index is 0.0366. The summed E-state index contributed by atoms with van der Waals surface area (Å²) in [6.07, 6.45) is -0.182. The third-order valence-electron chi connectivity index (χ3n) is 3.56. The van der Waals surface area contributed by atoms with E-state index in [1.54, 1.807) is 31.2 Å². The fourth-order valence-electron chi connectivity index (χ4n) is 2.13. The third-order valence-corrected chi connectivity index (χ3v) is 3.81. The first-order valence-corrected chi connectivity index (χ1v) is 8.23. The van der Waals surface area contributed by atoms with Crippen molar-refractivity contribution in [2.75, 3.05) is 11.9 Å². The first-order valence-electron chi connectivity index (χ1n) is 7.85. The Labute approximate surface area is 155 Å². The van der Waals surface area contributed by atoms with Crippen LogP contribution in [0.4, 0.5) is 10.1 Å². The highest BCUT2D eigenvalue weighted by atomic mass is 35.5. The van der Waals surface area contributed by atoms with Gasteiger partial charge in [0.15, 0.2) is 12.4 Å². The zero-order valence-electron chi connectivity index (χ0n) is 14.1. The number of aryl methyl sites for hydroxylation is 1. The van der Waals surface area contributed by atoms with Crippen LogP contribution in [0.15, 0.2) is 42.5 Å². The van der Waals surface area contributed by atoms with Crippen LogP contribution >= 0.6 is 11.6 Å². The van der Waals surface area contributed by atoms with E-state index in [1.165, 1.54) is 18.2 Å². The Morgan fingerprint density at radius 1 is 1.08 bits per heavy atom. The van der Waals surface area contributed by atoms with Gasteiger partial charge in [0.2, 0.25) is 0 Å². The first kappa shape index (κ1) is 19.6. The van der Waals surface area contributed by atoms with Crippen molar-refractivity contribution in [1.29, 1.82) is 0 Å². The normalized spacial score (nSPS) is 10.3. The lowest BCUT2D eigenvalue weighted by Crippen LogP contribution is -2.21. The minimum Gasteiger partial charge on any atom is -0.456 e. The summed E-state index contributed by atoms with van der Waals surface area (Å²) in [5.41, 5.74) is 1.44. The number of nitrogens with one attached hydrogen (secondary N) is 1. The lowest BCUT2D eigenvalue weighted by atomic mass is 10.1. The van der Waals surface area contributed by atoms with Gasteiger partial charge in [-0.25, -0.2) is 4.39 Å². The van der Waals surface area contributed by atoms with E-state index < -0.39 is 24.3 Å². The number of carbonyl (C=O) groups excluding carboxylic acids is 3. The van der Waals surface area contributed by atoms with Gasteiger partial charge in [0.05, 0.1) is 6.42 Å². The summed E-state index contributed by atoms with van der Waals surface area (Å²) < 4.78 is 18.0. The van der Waals surface area contributed by atoms with Crippen LogP contribution in [0.2, 0.25) is 5.02 Å². The second-order valence-corrected chi connectivity index (χ2v) is 6.03. The maximum atomic E-state index is 13.2. The number of rotatable bonds is 7. The van der Waals surface area contributed by atoms with Gasteiger partial charge >= 0.3 is 5.97 Å². The van der Waals surface area contributed by atoms with Crippen molar-refractivity contribution in [3.05, 3.63) is 64.4 Å². The molecule has 5 nitrogen and oxygen atoms in total. The minimum atomic E-state index is -0.668. The molecular formula is C19H17ClFNO4.